The molecule has 0 aliphatic carbocycles. The summed E-state index contributed by atoms with van der Waals surface area (Å²) in [7, 11) is 0. The Bertz CT molecular complexity index is 380. The van der Waals surface area contributed by atoms with Gasteiger partial charge in [-0.1, -0.05) is 0 Å². The van der Waals surface area contributed by atoms with Crippen LogP contribution in [0, 0.1) is 0 Å². The van der Waals surface area contributed by atoms with Crippen molar-refractivity contribution in [3.8, 4) is 0 Å². The third-order valence-electron chi connectivity index (χ3n) is 1.78. The fourth-order valence-corrected chi connectivity index (χ4v) is 1.14. The van der Waals surface area contributed by atoms with E-state index in [1.54, 1.807) is 6.92 Å². The van der Waals surface area contributed by atoms with E-state index in [1.807, 2.05) is 0 Å². The van der Waals surface area contributed by atoms with Crippen molar-refractivity contribution in [1.82, 2.24) is 4.90 Å². The van der Waals surface area contributed by atoms with Crippen LogP contribution in [0.5, 0.6) is 0 Å². The minimum Gasteiger partial charge on any atom is -0.267 e. The highest BCUT2D eigenvalue weighted by Crippen LogP contribution is 2.08. The highest BCUT2D eigenvalue weighted by molar-refractivity contribution is 6.71. The van der Waals surface area contributed by atoms with Crippen LogP contribution in [0.15, 0.2) is 15.0 Å². The Balaban J connectivity index is 2.46. The fourth-order valence-electron chi connectivity index (χ4n) is 1.14. The highest BCUT2D eigenvalue weighted by Gasteiger charge is 2.34. The topological polar surface area (TPSA) is 74.5 Å². The standard InChI is InChI=1S/C7H6N4O2/c1-2-11-6(12)4-5(9-3-8-4)10-7(11)13/h3H,2H2,1H3. The second-order valence-corrected chi connectivity index (χ2v) is 2.49. The number of imide groups is 1. The maximum Gasteiger partial charge on any atom is 0.352 e. The Morgan fingerprint density at radius 1 is 1.46 bits per heavy atom. The van der Waals surface area contributed by atoms with Crippen molar-refractivity contribution in [2.45, 2.75) is 6.92 Å². The molecule has 0 atom stereocenters. The van der Waals surface area contributed by atoms with E-state index in [9.17, 15) is 9.59 Å². The molecule has 0 aromatic heterocycles. The van der Waals surface area contributed by atoms with E-state index in [1.165, 1.54) is 6.34 Å². The zero-order valence-corrected chi connectivity index (χ0v) is 6.89. The number of amidine groups is 1. The molecular weight excluding hydrogens is 172 g/mol. The Kier molecular flexibility index (Phi) is 1.54. The summed E-state index contributed by atoms with van der Waals surface area (Å²) in [6.07, 6.45) is 1.22. The molecule has 0 fully saturated rings. The molecule has 0 bridgehead atoms. The third-order valence-corrected chi connectivity index (χ3v) is 1.78. The molecule has 0 radical (unpaired) electrons. The lowest BCUT2D eigenvalue weighted by Gasteiger charge is -2.19. The Labute approximate surface area is 73.7 Å². The first-order valence-electron chi connectivity index (χ1n) is 3.79. The van der Waals surface area contributed by atoms with Crippen LogP contribution in [0.3, 0.4) is 0 Å². The number of aliphatic imine (C=N–C) groups is 3. The van der Waals surface area contributed by atoms with Crippen LogP contribution in [0.25, 0.3) is 0 Å². The lowest BCUT2D eigenvalue weighted by atomic mass is 10.2. The number of amides is 3. The van der Waals surface area contributed by atoms with Crippen molar-refractivity contribution in [1.29, 1.82) is 0 Å². The summed E-state index contributed by atoms with van der Waals surface area (Å²) >= 11 is 0. The minimum absolute atomic E-state index is 0.125. The number of fused-ring (bicyclic) bond motifs is 1. The Morgan fingerprint density at radius 3 is 2.92 bits per heavy atom. The summed E-state index contributed by atoms with van der Waals surface area (Å²) in [5.41, 5.74) is 0.154. The Hall–Kier alpha value is -1.85. The maximum atomic E-state index is 11.5. The van der Waals surface area contributed by atoms with E-state index in [2.05, 4.69) is 15.0 Å². The van der Waals surface area contributed by atoms with Crippen LogP contribution in [0.4, 0.5) is 4.79 Å². The molecule has 66 valence electrons. The quantitative estimate of drug-likeness (QED) is 0.560. The number of carbonyl (C=O) groups excluding carboxylic acids is 2. The molecule has 0 saturated carbocycles. The average molecular weight is 178 g/mol. The zero-order chi connectivity index (χ0) is 9.42. The lowest BCUT2D eigenvalue weighted by Crippen LogP contribution is -2.45. The first-order chi connectivity index (χ1) is 6.24. The lowest BCUT2D eigenvalue weighted by molar-refractivity contribution is -0.121. The molecule has 6 heteroatoms. The van der Waals surface area contributed by atoms with Crippen molar-refractivity contribution in [2.24, 2.45) is 15.0 Å². The molecule has 2 heterocycles. The van der Waals surface area contributed by atoms with Crippen molar-refractivity contribution < 1.29 is 9.59 Å². The number of urea groups is 1. The number of hydrogen-bond acceptors (Lipinski definition) is 4. The summed E-state index contributed by atoms with van der Waals surface area (Å²) < 4.78 is 0. The molecule has 0 N–H and O–H groups in total. The predicted molar refractivity (Wildman–Crippen MR) is 46.1 cm³/mol. The van der Waals surface area contributed by atoms with Gasteiger partial charge >= 0.3 is 6.03 Å². The van der Waals surface area contributed by atoms with Crippen molar-refractivity contribution in [3.05, 3.63) is 0 Å². The van der Waals surface area contributed by atoms with Gasteiger partial charge in [-0.25, -0.2) is 14.8 Å². The third kappa shape index (κ3) is 0.986. The predicted octanol–water partition coefficient (Wildman–Crippen LogP) is -0.150. The first-order valence-corrected chi connectivity index (χ1v) is 3.79. The van der Waals surface area contributed by atoms with E-state index in [0.29, 0.717) is 6.54 Å². The second-order valence-electron chi connectivity index (χ2n) is 2.49. The van der Waals surface area contributed by atoms with Gasteiger partial charge in [0.25, 0.3) is 5.91 Å². The largest absolute Gasteiger partial charge is 0.352 e. The molecule has 0 spiro atoms. The van der Waals surface area contributed by atoms with Crippen LogP contribution in [0.1, 0.15) is 6.92 Å². The summed E-state index contributed by atoms with van der Waals surface area (Å²) in [5.74, 6) is -0.297. The van der Waals surface area contributed by atoms with Crippen LogP contribution < -0.4 is 0 Å². The molecule has 0 aromatic rings. The molecule has 13 heavy (non-hydrogen) atoms. The monoisotopic (exact) mass is 178 g/mol. The molecule has 0 unspecified atom stereocenters. The van der Waals surface area contributed by atoms with E-state index in [-0.39, 0.29) is 11.5 Å². The van der Waals surface area contributed by atoms with E-state index in [4.69, 9.17) is 0 Å². The molecule has 2 aliphatic rings. The summed E-state index contributed by atoms with van der Waals surface area (Å²) in [6.45, 7) is 2.00. The van der Waals surface area contributed by atoms with Gasteiger partial charge in [-0.2, -0.15) is 4.99 Å². The van der Waals surface area contributed by atoms with Gasteiger partial charge < -0.3 is 0 Å². The molecule has 6 nitrogen and oxygen atoms in total. The first kappa shape index (κ1) is 7.78. The van der Waals surface area contributed by atoms with E-state index in [0.717, 1.165) is 4.90 Å². The normalized spacial score (nSPS) is 20.2. The van der Waals surface area contributed by atoms with Crippen LogP contribution in [-0.4, -0.2) is 41.3 Å². The number of nitrogens with zero attached hydrogens (tertiary/aromatic N) is 4. The van der Waals surface area contributed by atoms with Gasteiger partial charge in [-0.15, -0.1) is 0 Å². The SMILES string of the molecule is CCN1C(=O)N=C2N=CN=C2C1=O. The van der Waals surface area contributed by atoms with Gasteiger partial charge in [0.05, 0.1) is 0 Å². The van der Waals surface area contributed by atoms with Gasteiger partial charge in [-0.05, 0) is 6.92 Å². The molecule has 2 aliphatic heterocycles. The molecule has 2 rings (SSSR count). The van der Waals surface area contributed by atoms with E-state index < -0.39 is 11.9 Å². The highest BCUT2D eigenvalue weighted by atomic mass is 16.2. The summed E-state index contributed by atoms with van der Waals surface area (Å²) in [4.78, 5) is 34.7. The van der Waals surface area contributed by atoms with Crippen LogP contribution >= 0.6 is 0 Å². The number of rotatable bonds is 1. The maximum absolute atomic E-state index is 11.5. The average Bonchev–Trinajstić information content (AvgIpc) is 2.53. The minimum atomic E-state index is -0.569. The summed E-state index contributed by atoms with van der Waals surface area (Å²) in [5, 5.41) is 0. The van der Waals surface area contributed by atoms with Gasteiger partial charge in [0, 0.05) is 6.54 Å². The van der Waals surface area contributed by atoms with Crippen LogP contribution in [0.2, 0.25) is 0 Å². The zero-order valence-electron chi connectivity index (χ0n) is 6.89. The van der Waals surface area contributed by atoms with Crippen LogP contribution in [-0.2, 0) is 4.79 Å². The number of carbonyl (C=O) groups is 2. The second kappa shape index (κ2) is 2.58. The van der Waals surface area contributed by atoms with Crippen molar-refractivity contribution in [2.75, 3.05) is 6.54 Å². The smallest absolute Gasteiger partial charge is 0.267 e. The summed E-state index contributed by atoms with van der Waals surface area (Å²) in [6, 6.07) is -0.569. The van der Waals surface area contributed by atoms with Gasteiger partial charge in [0.2, 0.25) is 0 Å². The van der Waals surface area contributed by atoms with E-state index >= 15 is 0 Å². The van der Waals surface area contributed by atoms with Crippen molar-refractivity contribution >= 4 is 29.8 Å². The van der Waals surface area contributed by atoms with Gasteiger partial charge in [0.15, 0.2) is 11.5 Å². The van der Waals surface area contributed by atoms with Gasteiger partial charge in [0.1, 0.15) is 6.34 Å². The molecule has 0 aromatic carbocycles. The van der Waals surface area contributed by atoms with Crippen molar-refractivity contribution in [3.63, 3.8) is 0 Å². The Morgan fingerprint density at radius 2 is 2.23 bits per heavy atom. The molecular formula is C7H6N4O2. The van der Waals surface area contributed by atoms with Gasteiger partial charge in [-0.3, -0.25) is 9.69 Å². The number of hydrogen-bond donors (Lipinski definition) is 0. The molecule has 3 amide bonds. The molecule has 0 saturated heterocycles. The fraction of sp³-hybridized carbons (Fsp3) is 0.286.